The number of nitrogens with one attached hydrogen (secondary N) is 3. The third-order valence-electron chi connectivity index (χ3n) is 4.58. The molecule has 1 aromatic carbocycles. The van der Waals surface area contributed by atoms with Gasteiger partial charge in [0.1, 0.15) is 0 Å². The molecule has 1 aliphatic carbocycles. The molecule has 0 bridgehead atoms. The number of benzene rings is 1. The van der Waals surface area contributed by atoms with E-state index >= 15 is 0 Å². The third-order valence-corrected chi connectivity index (χ3v) is 5.92. The SMILES string of the molecule is CNS(=O)(=O)Cc1ccc(CNC(=O)NC2CCCCCCC2)cc1. The van der Waals surface area contributed by atoms with Crippen molar-refractivity contribution in [2.45, 2.75) is 63.3 Å². The molecule has 0 aromatic heterocycles. The van der Waals surface area contributed by atoms with Gasteiger partial charge in [-0.3, -0.25) is 0 Å². The first-order chi connectivity index (χ1) is 12.0. The lowest BCUT2D eigenvalue weighted by Gasteiger charge is -2.21. The Labute approximate surface area is 150 Å². The van der Waals surface area contributed by atoms with Crippen molar-refractivity contribution >= 4 is 16.1 Å². The molecule has 0 aliphatic heterocycles. The molecule has 1 aliphatic rings. The van der Waals surface area contributed by atoms with Crippen LogP contribution < -0.4 is 15.4 Å². The summed E-state index contributed by atoms with van der Waals surface area (Å²) >= 11 is 0. The van der Waals surface area contributed by atoms with E-state index in [2.05, 4.69) is 15.4 Å². The highest BCUT2D eigenvalue weighted by atomic mass is 32.2. The summed E-state index contributed by atoms with van der Waals surface area (Å²) < 4.78 is 25.4. The summed E-state index contributed by atoms with van der Waals surface area (Å²) in [6.45, 7) is 0.428. The molecule has 2 amide bonds. The van der Waals surface area contributed by atoms with Crippen LogP contribution in [0.25, 0.3) is 0 Å². The van der Waals surface area contributed by atoms with E-state index in [1.807, 2.05) is 12.1 Å². The van der Waals surface area contributed by atoms with Crippen LogP contribution in [0.1, 0.15) is 56.1 Å². The van der Waals surface area contributed by atoms with Crippen molar-refractivity contribution in [2.24, 2.45) is 0 Å². The van der Waals surface area contributed by atoms with Gasteiger partial charge < -0.3 is 10.6 Å². The first kappa shape index (κ1) is 19.7. The van der Waals surface area contributed by atoms with Gasteiger partial charge >= 0.3 is 6.03 Å². The predicted molar refractivity (Wildman–Crippen MR) is 99.6 cm³/mol. The van der Waals surface area contributed by atoms with E-state index in [0.717, 1.165) is 24.0 Å². The summed E-state index contributed by atoms with van der Waals surface area (Å²) in [4.78, 5) is 12.1. The summed E-state index contributed by atoms with van der Waals surface area (Å²) in [7, 11) is -1.86. The molecule has 2 rings (SSSR count). The molecular formula is C18H29N3O3S. The topological polar surface area (TPSA) is 87.3 Å². The van der Waals surface area contributed by atoms with Crippen molar-refractivity contribution in [1.29, 1.82) is 0 Å². The summed E-state index contributed by atoms with van der Waals surface area (Å²) in [5.41, 5.74) is 1.66. The van der Waals surface area contributed by atoms with Crippen LogP contribution in [0.5, 0.6) is 0 Å². The molecule has 1 fully saturated rings. The van der Waals surface area contributed by atoms with Gasteiger partial charge in [0.25, 0.3) is 0 Å². The van der Waals surface area contributed by atoms with Crippen molar-refractivity contribution in [2.75, 3.05) is 7.05 Å². The third kappa shape index (κ3) is 7.44. The summed E-state index contributed by atoms with van der Waals surface area (Å²) in [6, 6.07) is 7.38. The van der Waals surface area contributed by atoms with E-state index in [4.69, 9.17) is 0 Å². The van der Waals surface area contributed by atoms with Gasteiger partial charge in [0.05, 0.1) is 5.75 Å². The first-order valence-corrected chi connectivity index (χ1v) is 10.7. The van der Waals surface area contributed by atoms with Gasteiger partial charge in [-0.25, -0.2) is 17.9 Å². The first-order valence-electron chi connectivity index (χ1n) is 9.02. The minimum absolute atomic E-state index is 0.0423. The second-order valence-electron chi connectivity index (χ2n) is 6.65. The molecule has 0 radical (unpaired) electrons. The van der Waals surface area contributed by atoms with Crippen LogP contribution in [-0.4, -0.2) is 27.5 Å². The maximum atomic E-state index is 12.1. The number of rotatable bonds is 6. The lowest BCUT2D eigenvalue weighted by Crippen LogP contribution is -2.42. The number of carbonyl (C=O) groups excluding carboxylic acids is 1. The van der Waals surface area contributed by atoms with Crippen LogP contribution in [0, 0.1) is 0 Å². The van der Waals surface area contributed by atoms with Gasteiger partial charge in [0, 0.05) is 12.6 Å². The summed E-state index contributed by atoms with van der Waals surface area (Å²) in [5.74, 6) is -0.0423. The van der Waals surface area contributed by atoms with Crippen molar-refractivity contribution in [3.8, 4) is 0 Å². The van der Waals surface area contributed by atoms with E-state index in [0.29, 0.717) is 6.54 Å². The van der Waals surface area contributed by atoms with Crippen LogP contribution in [0.4, 0.5) is 4.79 Å². The van der Waals surface area contributed by atoms with E-state index in [1.165, 1.54) is 39.2 Å². The minimum atomic E-state index is -3.26. The zero-order valence-electron chi connectivity index (χ0n) is 14.9. The lowest BCUT2D eigenvalue weighted by molar-refractivity contribution is 0.233. The lowest BCUT2D eigenvalue weighted by atomic mass is 9.97. The molecule has 0 unspecified atom stereocenters. The highest BCUT2D eigenvalue weighted by molar-refractivity contribution is 7.88. The fourth-order valence-corrected chi connectivity index (χ4v) is 3.84. The second-order valence-corrected chi connectivity index (χ2v) is 8.58. The Hall–Kier alpha value is -1.60. The average molecular weight is 368 g/mol. The van der Waals surface area contributed by atoms with Gasteiger partial charge in [-0.2, -0.15) is 0 Å². The molecule has 3 N–H and O–H groups in total. The van der Waals surface area contributed by atoms with E-state index in [1.54, 1.807) is 12.1 Å². The standard InChI is InChI=1S/C18H29N3O3S/c1-19-25(23,24)14-16-11-9-15(10-12-16)13-20-18(22)21-17-7-5-3-2-4-6-8-17/h9-12,17,19H,2-8,13-14H2,1H3,(H2,20,21,22). The second kappa shape index (κ2) is 9.77. The molecule has 0 spiro atoms. The predicted octanol–water partition coefficient (Wildman–Crippen LogP) is 2.65. The van der Waals surface area contributed by atoms with Gasteiger partial charge in [-0.05, 0) is 31.0 Å². The highest BCUT2D eigenvalue weighted by Gasteiger charge is 2.13. The number of amides is 2. The van der Waals surface area contributed by atoms with Crippen LogP contribution in [0.2, 0.25) is 0 Å². The summed E-state index contributed by atoms with van der Waals surface area (Å²) in [6.07, 6.45) is 8.31. The zero-order valence-corrected chi connectivity index (χ0v) is 15.7. The normalized spacial score (nSPS) is 16.7. The van der Waals surface area contributed by atoms with Crippen molar-refractivity contribution in [3.05, 3.63) is 35.4 Å². The number of urea groups is 1. The molecule has 1 aromatic rings. The van der Waals surface area contributed by atoms with Crippen molar-refractivity contribution in [1.82, 2.24) is 15.4 Å². The maximum Gasteiger partial charge on any atom is 0.315 e. The molecule has 6 nitrogen and oxygen atoms in total. The monoisotopic (exact) mass is 367 g/mol. The van der Waals surface area contributed by atoms with Gasteiger partial charge in [-0.1, -0.05) is 56.4 Å². The largest absolute Gasteiger partial charge is 0.335 e. The molecule has 0 heterocycles. The van der Waals surface area contributed by atoms with Crippen LogP contribution in [0.15, 0.2) is 24.3 Å². The molecular weight excluding hydrogens is 338 g/mol. The smallest absolute Gasteiger partial charge is 0.315 e. The molecule has 0 atom stereocenters. The Bertz CT molecular complexity index is 636. The quantitative estimate of drug-likeness (QED) is 0.722. The Morgan fingerprint density at radius 3 is 2.16 bits per heavy atom. The zero-order chi connectivity index (χ0) is 18.1. The van der Waals surface area contributed by atoms with E-state index in [9.17, 15) is 13.2 Å². The number of carbonyl (C=O) groups is 1. The Balaban J connectivity index is 1.77. The fraction of sp³-hybridized carbons (Fsp3) is 0.611. The van der Waals surface area contributed by atoms with Gasteiger partial charge in [0.2, 0.25) is 10.0 Å². The van der Waals surface area contributed by atoms with Crippen molar-refractivity contribution < 1.29 is 13.2 Å². The van der Waals surface area contributed by atoms with Crippen LogP contribution >= 0.6 is 0 Å². The Morgan fingerprint density at radius 2 is 1.56 bits per heavy atom. The van der Waals surface area contributed by atoms with E-state index < -0.39 is 10.0 Å². The van der Waals surface area contributed by atoms with Gasteiger partial charge in [-0.15, -0.1) is 0 Å². The number of hydrogen-bond acceptors (Lipinski definition) is 3. The van der Waals surface area contributed by atoms with E-state index in [-0.39, 0.29) is 17.8 Å². The number of sulfonamides is 1. The number of hydrogen-bond donors (Lipinski definition) is 3. The van der Waals surface area contributed by atoms with Crippen LogP contribution in [-0.2, 0) is 22.3 Å². The van der Waals surface area contributed by atoms with Crippen molar-refractivity contribution in [3.63, 3.8) is 0 Å². The molecule has 25 heavy (non-hydrogen) atoms. The fourth-order valence-electron chi connectivity index (χ4n) is 3.06. The molecule has 0 saturated heterocycles. The molecule has 7 heteroatoms. The maximum absolute atomic E-state index is 12.1. The molecule has 1 saturated carbocycles. The van der Waals surface area contributed by atoms with Gasteiger partial charge in [0.15, 0.2) is 0 Å². The van der Waals surface area contributed by atoms with Crippen LogP contribution in [0.3, 0.4) is 0 Å². The molecule has 140 valence electrons. The minimum Gasteiger partial charge on any atom is -0.335 e. The Morgan fingerprint density at radius 1 is 1.00 bits per heavy atom. The summed E-state index contributed by atoms with van der Waals surface area (Å²) in [5, 5.41) is 5.95. The Kier molecular flexibility index (Phi) is 7.71. The average Bonchev–Trinajstić information content (AvgIpc) is 2.56. The highest BCUT2D eigenvalue weighted by Crippen LogP contribution is 2.17.